The number of aldehydes is 1. The van der Waals surface area contributed by atoms with Gasteiger partial charge in [-0.15, -0.1) is 0 Å². The Balaban J connectivity index is 3.09. The summed E-state index contributed by atoms with van der Waals surface area (Å²) in [6, 6.07) is 5.00. The first kappa shape index (κ1) is 8.10. The topological polar surface area (TPSA) is 69.1 Å². The molecule has 1 aromatic rings. The number of nitrogen functional groups attached to an aromatic ring is 1. The molecule has 0 aliphatic carbocycles. The van der Waals surface area contributed by atoms with Crippen molar-refractivity contribution in [2.24, 2.45) is 5.14 Å². The molecule has 4 heteroatoms. The van der Waals surface area contributed by atoms with Gasteiger partial charge in [0.2, 0.25) is 0 Å². The number of anilines is 1. The maximum Gasteiger partial charge on any atom is 0.150 e. The van der Waals surface area contributed by atoms with Crippen LogP contribution in [0.15, 0.2) is 23.1 Å². The van der Waals surface area contributed by atoms with Crippen LogP contribution in [0.1, 0.15) is 10.4 Å². The highest BCUT2D eigenvalue weighted by molar-refractivity contribution is 7.97. The third-order valence-electron chi connectivity index (χ3n) is 1.30. The summed E-state index contributed by atoms with van der Waals surface area (Å²) in [5.74, 6) is 0. The minimum Gasteiger partial charge on any atom is -0.398 e. The van der Waals surface area contributed by atoms with Crippen LogP contribution in [0.3, 0.4) is 0 Å². The van der Waals surface area contributed by atoms with E-state index in [0.717, 1.165) is 23.1 Å². The van der Waals surface area contributed by atoms with Gasteiger partial charge in [0, 0.05) is 16.1 Å². The van der Waals surface area contributed by atoms with Gasteiger partial charge in [-0.3, -0.25) is 9.93 Å². The third-order valence-corrected chi connectivity index (χ3v) is 1.92. The maximum atomic E-state index is 10.3. The average molecular weight is 168 g/mol. The molecule has 1 aromatic carbocycles. The van der Waals surface area contributed by atoms with E-state index in [1.54, 1.807) is 18.2 Å². The highest BCUT2D eigenvalue weighted by Crippen LogP contribution is 2.20. The zero-order valence-corrected chi connectivity index (χ0v) is 6.60. The lowest BCUT2D eigenvalue weighted by Crippen LogP contribution is -1.92. The highest BCUT2D eigenvalue weighted by Gasteiger charge is 1.97. The van der Waals surface area contributed by atoms with E-state index in [-0.39, 0.29) is 0 Å². The van der Waals surface area contributed by atoms with E-state index >= 15 is 0 Å². The Bertz CT molecular complexity index is 275. The van der Waals surface area contributed by atoms with Gasteiger partial charge in [0.1, 0.15) is 6.29 Å². The quantitative estimate of drug-likeness (QED) is 0.393. The van der Waals surface area contributed by atoms with Crippen LogP contribution < -0.4 is 10.9 Å². The van der Waals surface area contributed by atoms with Gasteiger partial charge in [-0.25, -0.2) is 0 Å². The zero-order chi connectivity index (χ0) is 8.27. The molecule has 0 saturated carbocycles. The fourth-order valence-corrected chi connectivity index (χ4v) is 1.09. The average Bonchev–Trinajstić information content (AvgIpc) is 2.04. The van der Waals surface area contributed by atoms with E-state index in [1.807, 2.05) is 0 Å². The molecule has 0 aliphatic heterocycles. The molecule has 0 heterocycles. The Labute approximate surface area is 68.9 Å². The Morgan fingerprint density at radius 1 is 1.45 bits per heavy atom. The Hall–Kier alpha value is -1.00. The van der Waals surface area contributed by atoms with Crippen LogP contribution in [-0.2, 0) is 0 Å². The summed E-state index contributed by atoms with van der Waals surface area (Å²) in [7, 11) is 0. The Morgan fingerprint density at radius 3 is 2.64 bits per heavy atom. The lowest BCUT2D eigenvalue weighted by Gasteiger charge is -2.00. The molecular formula is C7H8N2OS. The molecule has 0 amide bonds. The van der Waals surface area contributed by atoms with Crippen molar-refractivity contribution in [1.29, 1.82) is 0 Å². The molecule has 4 N–H and O–H groups in total. The maximum absolute atomic E-state index is 10.3. The number of carbonyl (C=O) groups is 1. The number of hydrogen-bond donors (Lipinski definition) is 2. The van der Waals surface area contributed by atoms with Crippen LogP contribution in [0.5, 0.6) is 0 Å². The van der Waals surface area contributed by atoms with Gasteiger partial charge in [-0.2, -0.15) is 0 Å². The normalized spacial score (nSPS) is 9.55. The molecule has 0 aromatic heterocycles. The van der Waals surface area contributed by atoms with Crippen LogP contribution >= 0.6 is 11.9 Å². The first-order chi connectivity index (χ1) is 5.27. The number of benzene rings is 1. The van der Waals surface area contributed by atoms with Crippen LogP contribution in [0.2, 0.25) is 0 Å². The van der Waals surface area contributed by atoms with Gasteiger partial charge in [0.15, 0.2) is 0 Å². The van der Waals surface area contributed by atoms with Crippen molar-refractivity contribution < 1.29 is 4.79 Å². The molecule has 0 saturated heterocycles. The highest BCUT2D eigenvalue weighted by atomic mass is 32.2. The smallest absolute Gasteiger partial charge is 0.150 e. The second-order valence-electron chi connectivity index (χ2n) is 2.03. The largest absolute Gasteiger partial charge is 0.398 e. The van der Waals surface area contributed by atoms with Gasteiger partial charge in [0.05, 0.1) is 0 Å². The molecule has 0 atom stereocenters. The van der Waals surface area contributed by atoms with Gasteiger partial charge >= 0.3 is 0 Å². The predicted octanol–water partition coefficient (Wildman–Crippen LogP) is 1.05. The SMILES string of the molecule is NSc1ccc(C=O)cc1N. The van der Waals surface area contributed by atoms with Crippen molar-refractivity contribution in [3.63, 3.8) is 0 Å². The molecule has 0 bridgehead atoms. The minimum absolute atomic E-state index is 0.544. The molecule has 11 heavy (non-hydrogen) atoms. The van der Waals surface area contributed by atoms with E-state index in [1.165, 1.54) is 0 Å². The molecule has 0 radical (unpaired) electrons. The van der Waals surface area contributed by atoms with E-state index < -0.39 is 0 Å². The fourth-order valence-electron chi connectivity index (χ4n) is 0.748. The molecule has 3 nitrogen and oxygen atoms in total. The predicted molar refractivity (Wildman–Crippen MR) is 46.3 cm³/mol. The Kier molecular flexibility index (Phi) is 2.51. The molecule has 0 unspecified atom stereocenters. The number of rotatable bonds is 2. The summed E-state index contributed by atoms with van der Waals surface area (Å²) >= 11 is 1.07. The molecular weight excluding hydrogens is 160 g/mol. The van der Waals surface area contributed by atoms with E-state index in [0.29, 0.717) is 11.3 Å². The van der Waals surface area contributed by atoms with Crippen LogP contribution in [0.4, 0.5) is 5.69 Å². The molecule has 58 valence electrons. The van der Waals surface area contributed by atoms with Gasteiger partial charge in [-0.05, 0) is 24.1 Å². The lowest BCUT2D eigenvalue weighted by molar-refractivity contribution is 0.112. The summed E-state index contributed by atoms with van der Waals surface area (Å²) in [5, 5.41) is 5.29. The number of nitrogens with two attached hydrogens (primary N) is 2. The lowest BCUT2D eigenvalue weighted by atomic mass is 10.2. The summed E-state index contributed by atoms with van der Waals surface area (Å²) in [5.41, 5.74) is 6.66. The first-order valence-corrected chi connectivity index (χ1v) is 3.87. The standard InChI is InChI=1S/C7H8N2OS/c8-6-3-5(4-10)1-2-7(6)11-9/h1-4H,8-9H2. The van der Waals surface area contributed by atoms with E-state index in [9.17, 15) is 4.79 Å². The zero-order valence-electron chi connectivity index (χ0n) is 5.78. The molecule has 0 aliphatic rings. The van der Waals surface area contributed by atoms with Gasteiger partial charge in [0.25, 0.3) is 0 Å². The number of hydrogen-bond acceptors (Lipinski definition) is 4. The van der Waals surface area contributed by atoms with Gasteiger partial charge < -0.3 is 5.73 Å². The minimum atomic E-state index is 0.544. The van der Waals surface area contributed by atoms with Crippen LogP contribution in [0.25, 0.3) is 0 Å². The van der Waals surface area contributed by atoms with Crippen molar-refractivity contribution in [3.05, 3.63) is 23.8 Å². The fraction of sp³-hybridized carbons (Fsp3) is 0. The van der Waals surface area contributed by atoms with Crippen LogP contribution in [0, 0.1) is 0 Å². The van der Waals surface area contributed by atoms with Crippen molar-refractivity contribution in [1.82, 2.24) is 0 Å². The number of carbonyl (C=O) groups excluding carboxylic acids is 1. The van der Waals surface area contributed by atoms with Crippen molar-refractivity contribution in [2.75, 3.05) is 5.73 Å². The van der Waals surface area contributed by atoms with Crippen molar-refractivity contribution >= 4 is 23.9 Å². The second-order valence-corrected chi connectivity index (χ2v) is 2.71. The Morgan fingerprint density at radius 2 is 2.18 bits per heavy atom. The molecule has 1 rings (SSSR count). The molecule has 0 spiro atoms. The summed E-state index contributed by atoms with van der Waals surface area (Å²) in [6.45, 7) is 0. The summed E-state index contributed by atoms with van der Waals surface area (Å²) in [6.07, 6.45) is 0.751. The van der Waals surface area contributed by atoms with E-state index in [4.69, 9.17) is 10.9 Å². The molecule has 0 fully saturated rings. The van der Waals surface area contributed by atoms with Crippen LogP contribution in [-0.4, -0.2) is 6.29 Å². The summed E-state index contributed by atoms with van der Waals surface area (Å²) < 4.78 is 0. The van der Waals surface area contributed by atoms with Crippen molar-refractivity contribution in [3.8, 4) is 0 Å². The second kappa shape index (κ2) is 3.41. The first-order valence-electron chi connectivity index (χ1n) is 2.99. The third kappa shape index (κ3) is 1.72. The van der Waals surface area contributed by atoms with Gasteiger partial charge in [-0.1, -0.05) is 6.07 Å². The van der Waals surface area contributed by atoms with E-state index in [2.05, 4.69) is 0 Å². The monoisotopic (exact) mass is 168 g/mol. The van der Waals surface area contributed by atoms with Crippen molar-refractivity contribution in [2.45, 2.75) is 4.90 Å². The summed E-state index contributed by atoms with van der Waals surface area (Å²) in [4.78, 5) is 11.1.